The van der Waals surface area contributed by atoms with Gasteiger partial charge in [-0.1, -0.05) is 29.8 Å². The largest absolute Gasteiger partial charge is 0.493 e. The number of methoxy groups -OCH3 is 2. The molecule has 1 saturated heterocycles. The lowest BCUT2D eigenvalue weighted by Gasteiger charge is -2.39. The second-order valence-corrected chi connectivity index (χ2v) is 10.3. The van der Waals surface area contributed by atoms with Gasteiger partial charge in [0.25, 0.3) is 5.91 Å². The van der Waals surface area contributed by atoms with E-state index >= 15 is 0 Å². The predicted octanol–water partition coefficient (Wildman–Crippen LogP) is 4.46. The molecule has 2 amide bonds. The van der Waals surface area contributed by atoms with Crippen molar-refractivity contribution >= 4 is 41.3 Å². The smallest absolute Gasteiger partial charge is 0.257 e. The third kappa shape index (κ3) is 5.88. The average Bonchev–Trinajstić information content (AvgIpc) is 2.84. The Kier molecular flexibility index (Phi) is 8.06. The molecule has 2 aromatic carbocycles. The number of amides is 2. The fraction of sp³-hybridized carbons (Fsp3) is 0.385. The van der Waals surface area contributed by atoms with Crippen LogP contribution < -0.4 is 20.1 Å². The minimum atomic E-state index is -0.0917. The van der Waals surface area contributed by atoms with Crippen LogP contribution >= 0.6 is 23.4 Å². The number of fused-ring (bicyclic) bond motifs is 1. The SMILES string of the molecule is COc1ccc(CCNC(=O)C2CCC3S/C(=C/c4cccc(Cl)c4)C(=O)NC3C2)cc1OC. The second kappa shape index (κ2) is 11.2. The van der Waals surface area contributed by atoms with Crippen LogP contribution in [0.25, 0.3) is 6.08 Å². The van der Waals surface area contributed by atoms with E-state index in [2.05, 4.69) is 10.6 Å². The Hall–Kier alpha value is -2.64. The third-order valence-electron chi connectivity index (χ3n) is 6.28. The molecule has 3 atom stereocenters. The number of nitrogens with one attached hydrogen (secondary N) is 2. The van der Waals surface area contributed by atoms with Crippen molar-refractivity contribution in [3.05, 3.63) is 63.5 Å². The van der Waals surface area contributed by atoms with Crippen LogP contribution in [0, 0.1) is 5.92 Å². The number of carbonyl (C=O) groups is 2. The molecule has 1 aliphatic carbocycles. The number of ether oxygens (including phenoxy) is 2. The molecule has 2 fully saturated rings. The summed E-state index contributed by atoms with van der Waals surface area (Å²) in [4.78, 5) is 26.2. The van der Waals surface area contributed by atoms with Gasteiger partial charge in [-0.05, 0) is 67.2 Å². The maximum Gasteiger partial charge on any atom is 0.257 e. The number of carbonyl (C=O) groups excluding carboxylic acids is 2. The van der Waals surface area contributed by atoms with Crippen LogP contribution in [0.2, 0.25) is 5.02 Å². The molecule has 2 aliphatic rings. The zero-order valence-electron chi connectivity index (χ0n) is 19.3. The molecular weight excluding hydrogens is 472 g/mol. The molecule has 8 heteroatoms. The van der Waals surface area contributed by atoms with Gasteiger partial charge >= 0.3 is 0 Å². The van der Waals surface area contributed by atoms with Gasteiger partial charge in [0.1, 0.15) is 0 Å². The molecular formula is C26H29ClN2O4S. The fourth-order valence-corrected chi connectivity index (χ4v) is 5.98. The Morgan fingerprint density at radius 2 is 2.00 bits per heavy atom. The molecule has 1 saturated carbocycles. The van der Waals surface area contributed by atoms with Gasteiger partial charge in [0.2, 0.25) is 5.91 Å². The molecule has 1 aliphatic heterocycles. The minimum absolute atomic E-state index is 0.00404. The van der Waals surface area contributed by atoms with Gasteiger partial charge in [0.15, 0.2) is 11.5 Å². The Balaban J connectivity index is 1.29. The van der Waals surface area contributed by atoms with E-state index in [4.69, 9.17) is 21.1 Å². The molecule has 0 bridgehead atoms. The number of benzene rings is 2. The molecule has 6 nitrogen and oxygen atoms in total. The standard InChI is InChI=1S/C26H29ClN2O4S/c1-32-21-8-6-16(13-22(21)33-2)10-11-28-25(30)18-7-9-23-20(15-18)29-26(31)24(34-23)14-17-4-3-5-19(27)12-17/h3-6,8,12-14,18,20,23H,7,9-11,15H2,1-2H3,(H,28,30)(H,29,31)/b24-14+. The molecule has 1 heterocycles. The van der Waals surface area contributed by atoms with E-state index in [0.29, 0.717) is 40.8 Å². The van der Waals surface area contributed by atoms with Crippen LogP contribution in [0.15, 0.2) is 47.4 Å². The first-order valence-electron chi connectivity index (χ1n) is 11.4. The van der Waals surface area contributed by atoms with Crippen LogP contribution in [0.1, 0.15) is 30.4 Å². The van der Waals surface area contributed by atoms with E-state index < -0.39 is 0 Å². The summed E-state index contributed by atoms with van der Waals surface area (Å²) in [5.41, 5.74) is 1.97. The van der Waals surface area contributed by atoms with Gasteiger partial charge in [0.05, 0.1) is 19.1 Å². The van der Waals surface area contributed by atoms with Crippen LogP contribution in [-0.4, -0.2) is 43.9 Å². The van der Waals surface area contributed by atoms with Crippen LogP contribution in [0.4, 0.5) is 0 Å². The van der Waals surface area contributed by atoms with Crippen molar-refractivity contribution in [1.82, 2.24) is 10.6 Å². The summed E-state index contributed by atoms with van der Waals surface area (Å²) in [5.74, 6) is 1.24. The third-order valence-corrected chi connectivity index (χ3v) is 7.94. The van der Waals surface area contributed by atoms with Gasteiger partial charge in [-0.3, -0.25) is 9.59 Å². The Labute approximate surface area is 209 Å². The highest BCUT2D eigenvalue weighted by molar-refractivity contribution is 8.04. The topological polar surface area (TPSA) is 76.7 Å². The number of hydrogen-bond donors (Lipinski definition) is 2. The van der Waals surface area contributed by atoms with Gasteiger partial charge < -0.3 is 20.1 Å². The number of halogens is 1. The van der Waals surface area contributed by atoms with E-state index in [1.807, 2.05) is 48.5 Å². The summed E-state index contributed by atoms with van der Waals surface area (Å²) in [6.45, 7) is 0.548. The molecule has 0 spiro atoms. The zero-order chi connectivity index (χ0) is 24.1. The van der Waals surface area contributed by atoms with Crippen molar-refractivity contribution in [3.63, 3.8) is 0 Å². The van der Waals surface area contributed by atoms with Crippen LogP contribution in [0.5, 0.6) is 11.5 Å². The van der Waals surface area contributed by atoms with Crippen LogP contribution in [-0.2, 0) is 16.0 Å². The Bertz CT molecular complexity index is 1090. The van der Waals surface area contributed by atoms with Crippen molar-refractivity contribution < 1.29 is 19.1 Å². The number of rotatable bonds is 7. The second-order valence-electron chi connectivity index (χ2n) is 8.54. The molecule has 0 radical (unpaired) electrons. The summed E-state index contributed by atoms with van der Waals surface area (Å²) in [6.07, 6.45) is 4.95. The quantitative estimate of drug-likeness (QED) is 0.549. The predicted molar refractivity (Wildman–Crippen MR) is 136 cm³/mol. The summed E-state index contributed by atoms with van der Waals surface area (Å²) in [7, 11) is 3.22. The molecule has 4 rings (SSSR count). The van der Waals surface area contributed by atoms with Crippen LogP contribution in [0.3, 0.4) is 0 Å². The average molecular weight is 501 g/mol. The van der Waals surface area contributed by atoms with Crippen molar-refractivity contribution in [3.8, 4) is 11.5 Å². The van der Waals surface area contributed by atoms with Gasteiger partial charge in [-0.25, -0.2) is 0 Å². The Morgan fingerprint density at radius 3 is 2.76 bits per heavy atom. The lowest BCUT2D eigenvalue weighted by Crippen LogP contribution is -2.51. The van der Waals surface area contributed by atoms with Crippen molar-refractivity contribution in [2.75, 3.05) is 20.8 Å². The van der Waals surface area contributed by atoms with E-state index in [9.17, 15) is 9.59 Å². The normalized spacial score (nSPS) is 23.1. The molecule has 2 N–H and O–H groups in total. The first kappa shape index (κ1) is 24.5. The van der Waals surface area contributed by atoms with E-state index in [1.54, 1.807) is 26.0 Å². The highest BCUT2D eigenvalue weighted by Gasteiger charge is 2.39. The lowest BCUT2D eigenvalue weighted by atomic mass is 9.84. The zero-order valence-corrected chi connectivity index (χ0v) is 20.9. The summed E-state index contributed by atoms with van der Waals surface area (Å²) < 4.78 is 10.6. The van der Waals surface area contributed by atoms with E-state index in [0.717, 1.165) is 24.0 Å². The highest BCUT2D eigenvalue weighted by Crippen LogP contribution is 2.40. The number of thioether (sulfide) groups is 1. The van der Waals surface area contributed by atoms with Gasteiger partial charge in [-0.2, -0.15) is 0 Å². The Morgan fingerprint density at radius 1 is 1.18 bits per heavy atom. The molecule has 0 aromatic heterocycles. The summed E-state index contributed by atoms with van der Waals surface area (Å²) in [6, 6.07) is 13.2. The van der Waals surface area contributed by atoms with Crippen molar-refractivity contribution in [1.29, 1.82) is 0 Å². The molecule has 2 aromatic rings. The van der Waals surface area contributed by atoms with Crippen molar-refractivity contribution in [2.24, 2.45) is 5.92 Å². The van der Waals surface area contributed by atoms with E-state index in [-0.39, 0.29) is 29.0 Å². The maximum atomic E-state index is 12.8. The minimum Gasteiger partial charge on any atom is -0.493 e. The van der Waals surface area contributed by atoms with Crippen molar-refractivity contribution in [2.45, 2.75) is 37.0 Å². The molecule has 180 valence electrons. The summed E-state index contributed by atoms with van der Waals surface area (Å²) in [5, 5.41) is 7.11. The molecule has 34 heavy (non-hydrogen) atoms. The monoisotopic (exact) mass is 500 g/mol. The van der Waals surface area contributed by atoms with Gasteiger partial charge in [0, 0.05) is 28.8 Å². The number of hydrogen-bond acceptors (Lipinski definition) is 5. The first-order valence-corrected chi connectivity index (χ1v) is 12.7. The lowest BCUT2D eigenvalue weighted by molar-refractivity contribution is -0.127. The summed E-state index contributed by atoms with van der Waals surface area (Å²) >= 11 is 7.68. The molecule has 3 unspecified atom stereocenters. The fourth-order valence-electron chi connectivity index (χ4n) is 4.49. The highest BCUT2D eigenvalue weighted by atomic mass is 35.5. The van der Waals surface area contributed by atoms with E-state index in [1.165, 1.54) is 0 Å². The first-order chi connectivity index (χ1) is 16.5. The maximum absolute atomic E-state index is 12.8. The van der Waals surface area contributed by atoms with Gasteiger partial charge in [-0.15, -0.1) is 11.8 Å².